The van der Waals surface area contributed by atoms with Crippen LogP contribution in [0.3, 0.4) is 0 Å². The minimum Gasteiger partial charge on any atom is -0.458 e. The van der Waals surface area contributed by atoms with Crippen molar-refractivity contribution in [2.24, 2.45) is 40.6 Å². The van der Waals surface area contributed by atoms with Crippen LogP contribution in [-0.2, 0) is 14.0 Å². The first-order valence-electron chi connectivity index (χ1n) is 19.1. The summed E-state index contributed by atoms with van der Waals surface area (Å²) in [5.74, 6) is -0.922. The molecule has 0 aromatic carbocycles. The van der Waals surface area contributed by atoms with Crippen molar-refractivity contribution in [3.8, 4) is 0 Å². The summed E-state index contributed by atoms with van der Waals surface area (Å²) in [6.07, 6.45) is 17.9. The van der Waals surface area contributed by atoms with E-state index in [1.807, 2.05) is 51.2 Å². The molecule has 0 aromatic heterocycles. The third-order valence-corrected chi connectivity index (χ3v) is 15.5. The van der Waals surface area contributed by atoms with Gasteiger partial charge < -0.3 is 24.5 Å². The van der Waals surface area contributed by atoms with E-state index in [1.165, 1.54) is 6.08 Å². The quantitative estimate of drug-likeness (QED) is 0.0298. The highest BCUT2D eigenvalue weighted by atomic mass is 28.4. The van der Waals surface area contributed by atoms with E-state index >= 15 is 0 Å². The fourth-order valence-electron chi connectivity index (χ4n) is 6.53. The summed E-state index contributed by atoms with van der Waals surface area (Å²) in [5, 5.41) is 37.5. The number of aliphatic hydroxyl groups excluding tert-OH is 3. The summed E-state index contributed by atoms with van der Waals surface area (Å²) in [5.41, 5.74) is 8.75. The molecule has 9 nitrogen and oxygen atoms in total. The monoisotopic (exact) mass is 730 g/mol. The summed E-state index contributed by atoms with van der Waals surface area (Å²) in [6.45, 7) is 25.2. The molecule has 0 saturated heterocycles. The molecular weight excluding hydrogens is 659 g/mol. The molecule has 10 heteroatoms. The number of hydrogen-bond acceptors (Lipinski definition) is 7. The Balaban J connectivity index is 3.63. The van der Waals surface area contributed by atoms with Crippen LogP contribution in [0.1, 0.15) is 100 Å². The first-order chi connectivity index (χ1) is 23.8. The minimum absolute atomic E-state index is 0.0170. The maximum atomic E-state index is 13.2. The molecule has 0 aliphatic carbocycles. The lowest BCUT2D eigenvalue weighted by molar-refractivity contribution is -0.150. The Kier molecular flexibility index (Phi) is 21.2. The van der Waals surface area contributed by atoms with Crippen molar-refractivity contribution in [3.05, 3.63) is 71.7 Å². The summed E-state index contributed by atoms with van der Waals surface area (Å²) >= 11 is 0. The molecule has 0 fully saturated rings. The largest absolute Gasteiger partial charge is 0.458 e. The Labute approximate surface area is 310 Å². The molecule has 0 saturated carbocycles. The van der Waals surface area contributed by atoms with Crippen molar-refractivity contribution in [2.45, 2.75) is 149 Å². The molecule has 0 spiro atoms. The minimum atomic E-state index is -2.27. The molecule has 1 heterocycles. The summed E-state index contributed by atoms with van der Waals surface area (Å²) in [4.78, 5) is 16.1. The fraction of sp³-hybridized carbons (Fsp3) is 0.732. The number of rotatable bonds is 10. The van der Waals surface area contributed by atoms with Crippen LogP contribution < -0.4 is 0 Å². The van der Waals surface area contributed by atoms with Crippen molar-refractivity contribution in [2.75, 3.05) is 6.54 Å². The Bertz CT molecular complexity index is 1200. The Morgan fingerprint density at radius 2 is 1.76 bits per heavy atom. The topological polar surface area (TPSA) is 145 Å². The fourth-order valence-corrected chi connectivity index (χ4v) is 7.91. The summed E-state index contributed by atoms with van der Waals surface area (Å²) in [6, 6.07) is 0. The van der Waals surface area contributed by atoms with Crippen LogP contribution in [0.2, 0.25) is 18.1 Å². The number of cyclic esters (lactones) is 1. The van der Waals surface area contributed by atoms with Crippen LogP contribution in [0.5, 0.6) is 0 Å². The van der Waals surface area contributed by atoms with Gasteiger partial charge in [0.2, 0.25) is 0 Å². The van der Waals surface area contributed by atoms with Gasteiger partial charge in [-0.3, -0.25) is 0 Å². The number of carbonyl (C=O) groups is 1. The summed E-state index contributed by atoms with van der Waals surface area (Å²) in [7, 11) is -2.27. The molecule has 3 N–H and O–H groups in total. The zero-order valence-electron chi connectivity index (χ0n) is 33.3. The standard InChI is InChI=1S/C41H71N3O6Si/c1-12-13-18-31(4)40-33(6)36(46)25-22-29(2)27-32(5)39(48)30(3)23-24-35(45)28-37(50-51(10,11)41(7,8)9)34(20-16-17-26-43-44-42)19-14-15-21-38(47)49-40/h12-15,18-19,21,23-24,29-37,39-40,45-46,48H,1,16-17,20,22,25-28H2,2-11H3/b18-13-,19-14+,21-15-,24-23-/t29-,30-,31-,32-,33-,34-,35+,36+,37-,39-,40-/m0/s1. The normalized spacial score (nSPS) is 33.9. The number of azide groups is 1. The van der Waals surface area contributed by atoms with Crippen molar-refractivity contribution >= 4 is 14.3 Å². The van der Waals surface area contributed by atoms with Crippen LogP contribution in [0.4, 0.5) is 0 Å². The number of unbranched alkanes of at least 4 members (excludes halogenated alkanes) is 1. The maximum absolute atomic E-state index is 13.2. The van der Waals surface area contributed by atoms with Gasteiger partial charge in [0, 0.05) is 47.6 Å². The lowest BCUT2D eigenvalue weighted by Crippen LogP contribution is -2.46. The second-order valence-corrected chi connectivity index (χ2v) is 21.3. The van der Waals surface area contributed by atoms with E-state index < -0.39 is 38.7 Å². The highest BCUT2D eigenvalue weighted by Crippen LogP contribution is 2.39. The van der Waals surface area contributed by atoms with Gasteiger partial charge in [-0.15, -0.1) is 0 Å². The maximum Gasteiger partial charge on any atom is 0.331 e. The van der Waals surface area contributed by atoms with Gasteiger partial charge in [-0.05, 0) is 67.6 Å². The molecule has 1 aliphatic rings. The lowest BCUT2D eigenvalue weighted by Gasteiger charge is -2.41. The number of esters is 1. The molecule has 0 amide bonds. The number of carbonyl (C=O) groups excluding carboxylic acids is 1. The van der Waals surface area contributed by atoms with Crippen LogP contribution in [0, 0.1) is 35.5 Å². The summed E-state index contributed by atoms with van der Waals surface area (Å²) < 4.78 is 13.0. The van der Waals surface area contributed by atoms with E-state index in [0.717, 1.165) is 32.1 Å². The molecule has 0 bridgehead atoms. The molecule has 0 unspecified atom stereocenters. The smallest absolute Gasteiger partial charge is 0.331 e. The number of hydrogen-bond donors (Lipinski definition) is 3. The van der Waals surface area contributed by atoms with Crippen LogP contribution >= 0.6 is 0 Å². The first-order valence-corrected chi connectivity index (χ1v) is 22.0. The van der Waals surface area contributed by atoms with Crippen molar-refractivity contribution < 1.29 is 29.3 Å². The average molecular weight is 730 g/mol. The highest BCUT2D eigenvalue weighted by Gasteiger charge is 2.41. The van der Waals surface area contributed by atoms with Crippen molar-refractivity contribution in [3.63, 3.8) is 0 Å². The molecule has 290 valence electrons. The van der Waals surface area contributed by atoms with Gasteiger partial charge in [-0.1, -0.05) is 122 Å². The van der Waals surface area contributed by atoms with E-state index in [9.17, 15) is 20.1 Å². The Hall–Kier alpha value is -2.46. The van der Waals surface area contributed by atoms with E-state index in [4.69, 9.17) is 14.7 Å². The predicted octanol–water partition coefficient (Wildman–Crippen LogP) is 9.63. The van der Waals surface area contributed by atoms with Crippen LogP contribution in [0.15, 0.2) is 66.4 Å². The zero-order chi connectivity index (χ0) is 38.8. The van der Waals surface area contributed by atoms with E-state index in [0.29, 0.717) is 19.4 Å². The zero-order valence-corrected chi connectivity index (χ0v) is 34.3. The van der Waals surface area contributed by atoms with Crippen molar-refractivity contribution in [1.82, 2.24) is 0 Å². The molecule has 1 rings (SSSR count). The average Bonchev–Trinajstić information content (AvgIpc) is 3.06. The van der Waals surface area contributed by atoms with Gasteiger partial charge in [0.25, 0.3) is 0 Å². The van der Waals surface area contributed by atoms with Gasteiger partial charge in [0.15, 0.2) is 8.32 Å². The van der Waals surface area contributed by atoms with Gasteiger partial charge in [-0.2, -0.15) is 0 Å². The highest BCUT2D eigenvalue weighted by molar-refractivity contribution is 6.74. The number of nitrogens with zero attached hydrogens (tertiary/aromatic N) is 3. The van der Waals surface area contributed by atoms with Crippen molar-refractivity contribution in [1.29, 1.82) is 0 Å². The van der Waals surface area contributed by atoms with Crippen LogP contribution in [-0.4, -0.2) is 66.7 Å². The Morgan fingerprint density at radius 1 is 1.08 bits per heavy atom. The first kappa shape index (κ1) is 46.6. The third kappa shape index (κ3) is 17.3. The molecular formula is C41H71N3O6Si. The second kappa shape index (κ2) is 23.3. The van der Waals surface area contributed by atoms with Gasteiger partial charge >= 0.3 is 5.97 Å². The molecule has 0 radical (unpaired) electrons. The Morgan fingerprint density at radius 3 is 2.39 bits per heavy atom. The third-order valence-electron chi connectivity index (χ3n) is 10.9. The van der Waals surface area contributed by atoms with E-state index in [2.05, 4.69) is 64.3 Å². The molecule has 1 aliphatic heterocycles. The van der Waals surface area contributed by atoms with Gasteiger partial charge in [0.1, 0.15) is 6.10 Å². The van der Waals surface area contributed by atoms with Crippen LogP contribution in [0.25, 0.3) is 10.4 Å². The number of allylic oxidation sites excluding steroid dienone is 4. The molecule has 51 heavy (non-hydrogen) atoms. The predicted molar refractivity (Wildman–Crippen MR) is 212 cm³/mol. The van der Waals surface area contributed by atoms with Gasteiger partial charge in [-0.25, -0.2) is 4.79 Å². The second-order valence-electron chi connectivity index (χ2n) is 16.5. The van der Waals surface area contributed by atoms with E-state index in [-0.39, 0.29) is 46.6 Å². The molecule has 11 atom stereocenters. The SMILES string of the molecule is C=C/C=C\[C@H](C)[C@@H]1OC(=O)/C=C\C=C\[C@@H](CCCCN=[N+]=[N-])[C@@H](O[Si](C)(C)C(C)(C)C)C[C@H](O)/C=C\[C@H](C)[C@H](O)[C@@H](C)C[C@@H](C)CC[C@@H](O)[C@@H]1C. The number of aliphatic hydroxyl groups is 3. The number of ether oxygens (including phenoxy) is 1. The van der Waals surface area contributed by atoms with Gasteiger partial charge in [0.05, 0.1) is 24.4 Å². The molecule has 0 aromatic rings. The lowest BCUT2D eigenvalue weighted by atomic mass is 9.82. The van der Waals surface area contributed by atoms with E-state index in [1.54, 1.807) is 18.2 Å².